The van der Waals surface area contributed by atoms with Crippen molar-refractivity contribution in [2.45, 2.75) is 6.92 Å². The van der Waals surface area contributed by atoms with Gasteiger partial charge in [-0.2, -0.15) is 0 Å². The van der Waals surface area contributed by atoms with Gasteiger partial charge < -0.3 is 5.32 Å². The van der Waals surface area contributed by atoms with Gasteiger partial charge in [-0.25, -0.2) is 0 Å². The number of rotatable bonds is 2. The van der Waals surface area contributed by atoms with Crippen LogP contribution in [0.1, 0.15) is 15.9 Å². The molecule has 0 saturated heterocycles. The Balaban J connectivity index is 2.23. The molecule has 0 spiro atoms. The normalized spacial score (nSPS) is 10.3. The molecule has 0 unspecified atom stereocenters. The summed E-state index contributed by atoms with van der Waals surface area (Å²) in [5.74, 6) is -0.288. The van der Waals surface area contributed by atoms with Gasteiger partial charge in [0, 0.05) is 5.56 Å². The first-order chi connectivity index (χ1) is 8.97. The highest BCUT2D eigenvalue weighted by Gasteiger charge is 2.10. The average Bonchev–Trinajstić information content (AvgIpc) is 2.36. The van der Waals surface area contributed by atoms with Gasteiger partial charge in [0.1, 0.15) is 0 Å². The highest BCUT2D eigenvalue weighted by molar-refractivity contribution is 6.42. The third-order valence-electron chi connectivity index (χ3n) is 2.55. The Morgan fingerprint density at radius 2 is 1.68 bits per heavy atom. The van der Waals surface area contributed by atoms with E-state index in [1.165, 1.54) is 6.07 Å². The fraction of sp³-hybridized carbons (Fsp3) is 0.0714. The van der Waals surface area contributed by atoms with Crippen molar-refractivity contribution >= 4 is 46.4 Å². The maximum absolute atomic E-state index is 12.0. The minimum atomic E-state index is -0.288. The minimum Gasteiger partial charge on any atom is -0.321 e. The van der Waals surface area contributed by atoms with Crippen LogP contribution >= 0.6 is 34.8 Å². The van der Waals surface area contributed by atoms with Gasteiger partial charge in [-0.05, 0) is 42.8 Å². The van der Waals surface area contributed by atoms with Crippen molar-refractivity contribution in [1.29, 1.82) is 0 Å². The number of carbonyl (C=O) groups excluding carboxylic acids is 1. The van der Waals surface area contributed by atoms with Crippen molar-refractivity contribution < 1.29 is 4.79 Å². The number of carbonyl (C=O) groups is 1. The smallest absolute Gasteiger partial charge is 0.255 e. The second-order valence-electron chi connectivity index (χ2n) is 4.07. The van der Waals surface area contributed by atoms with Crippen LogP contribution in [0.3, 0.4) is 0 Å². The molecule has 0 saturated carbocycles. The lowest BCUT2D eigenvalue weighted by Crippen LogP contribution is -2.12. The number of hydrogen-bond acceptors (Lipinski definition) is 1. The summed E-state index contributed by atoms with van der Waals surface area (Å²) in [6.45, 7) is 1.93. The Hall–Kier alpha value is -1.22. The molecular weight excluding hydrogens is 305 g/mol. The van der Waals surface area contributed by atoms with Crippen LogP contribution in [-0.4, -0.2) is 5.91 Å². The van der Waals surface area contributed by atoms with Crippen LogP contribution in [0.2, 0.25) is 15.1 Å². The predicted molar refractivity (Wildman–Crippen MR) is 80.6 cm³/mol. The summed E-state index contributed by atoms with van der Waals surface area (Å²) in [5, 5.41) is 3.97. The molecule has 0 bridgehead atoms. The Morgan fingerprint density at radius 3 is 2.32 bits per heavy atom. The highest BCUT2D eigenvalue weighted by Crippen LogP contribution is 2.25. The molecule has 5 heteroatoms. The maximum Gasteiger partial charge on any atom is 0.255 e. The third kappa shape index (κ3) is 3.41. The molecule has 0 aliphatic carbocycles. The number of aryl methyl sites for hydroxylation is 1. The molecule has 2 aromatic carbocycles. The first-order valence-corrected chi connectivity index (χ1v) is 6.63. The van der Waals surface area contributed by atoms with E-state index >= 15 is 0 Å². The van der Waals surface area contributed by atoms with E-state index in [0.717, 1.165) is 5.56 Å². The number of benzene rings is 2. The van der Waals surface area contributed by atoms with Crippen molar-refractivity contribution in [2.75, 3.05) is 5.32 Å². The molecule has 0 aliphatic rings. The fourth-order valence-electron chi connectivity index (χ4n) is 1.55. The first-order valence-electron chi connectivity index (χ1n) is 5.50. The van der Waals surface area contributed by atoms with E-state index in [1.54, 1.807) is 24.3 Å². The topological polar surface area (TPSA) is 29.1 Å². The molecule has 1 N–H and O–H groups in total. The van der Waals surface area contributed by atoms with Crippen LogP contribution in [0.4, 0.5) is 5.69 Å². The van der Waals surface area contributed by atoms with Crippen molar-refractivity contribution in [3.8, 4) is 0 Å². The Labute approximate surface area is 126 Å². The molecule has 2 rings (SSSR count). The van der Waals surface area contributed by atoms with Crippen LogP contribution in [0.5, 0.6) is 0 Å². The fourth-order valence-corrected chi connectivity index (χ4v) is 2.13. The highest BCUT2D eigenvalue weighted by atomic mass is 35.5. The molecule has 2 nitrogen and oxygen atoms in total. The summed E-state index contributed by atoms with van der Waals surface area (Å²) in [6, 6.07) is 10.1. The molecule has 0 radical (unpaired) electrons. The van der Waals surface area contributed by atoms with E-state index in [0.29, 0.717) is 26.3 Å². The van der Waals surface area contributed by atoms with Gasteiger partial charge in [-0.15, -0.1) is 0 Å². The predicted octanol–water partition coefficient (Wildman–Crippen LogP) is 5.21. The van der Waals surface area contributed by atoms with Crippen molar-refractivity contribution in [3.63, 3.8) is 0 Å². The van der Waals surface area contributed by atoms with Gasteiger partial charge in [-0.1, -0.05) is 40.9 Å². The molecule has 98 valence electrons. The summed E-state index contributed by atoms with van der Waals surface area (Å²) in [6.07, 6.45) is 0. The van der Waals surface area contributed by atoms with Crippen LogP contribution in [0.15, 0.2) is 36.4 Å². The molecule has 1 amide bonds. The monoisotopic (exact) mass is 313 g/mol. The summed E-state index contributed by atoms with van der Waals surface area (Å²) >= 11 is 17.7. The van der Waals surface area contributed by atoms with Gasteiger partial charge in [0.25, 0.3) is 5.91 Å². The zero-order valence-electron chi connectivity index (χ0n) is 10.0. The molecule has 0 aliphatic heterocycles. The molecule has 2 aromatic rings. The largest absolute Gasteiger partial charge is 0.321 e. The molecule has 0 fully saturated rings. The Bertz CT molecular complexity index is 641. The van der Waals surface area contributed by atoms with Gasteiger partial charge in [0.15, 0.2) is 0 Å². The molecular formula is C14H10Cl3NO. The number of anilines is 1. The average molecular weight is 315 g/mol. The van der Waals surface area contributed by atoms with E-state index in [4.69, 9.17) is 34.8 Å². The summed E-state index contributed by atoms with van der Waals surface area (Å²) in [5.41, 5.74) is 2.01. The van der Waals surface area contributed by atoms with Gasteiger partial charge in [0.05, 0.1) is 20.8 Å². The molecule has 0 heterocycles. The minimum absolute atomic E-state index is 0.288. The van der Waals surface area contributed by atoms with Crippen molar-refractivity contribution in [1.82, 2.24) is 0 Å². The second-order valence-corrected chi connectivity index (χ2v) is 5.29. The van der Waals surface area contributed by atoms with E-state index < -0.39 is 0 Å². The third-order valence-corrected chi connectivity index (χ3v) is 3.61. The lowest BCUT2D eigenvalue weighted by molar-refractivity contribution is 0.102. The lowest BCUT2D eigenvalue weighted by atomic mass is 10.2. The molecule has 19 heavy (non-hydrogen) atoms. The van der Waals surface area contributed by atoms with Crippen LogP contribution in [0.25, 0.3) is 0 Å². The summed E-state index contributed by atoms with van der Waals surface area (Å²) < 4.78 is 0. The van der Waals surface area contributed by atoms with Crippen molar-refractivity contribution in [2.24, 2.45) is 0 Å². The Morgan fingerprint density at radius 1 is 0.947 bits per heavy atom. The SMILES string of the molecule is Cc1ccc(NC(=O)c2ccc(Cl)c(Cl)c2)c(Cl)c1. The number of nitrogens with one attached hydrogen (secondary N) is 1. The van der Waals surface area contributed by atoms with Crippen molar-refractivity contribution in [3.05, 3.63) is 62.6 Å². The van der Waals surface area contributed by atoms with E-state index in [-0.39, 0.29) is 5.91 Å². The zero-order valence-corrected chi connectivity index (χ0v) is 12.3. The van der Waals surface area contributed by atoms with Gasteiger partial charge in [-0.3, -0.25) is 4.79 Å². The standard InChI is InChI=1S/C14H10Cl3NO/c1-8-2-5-13(12(17)6-8)18-14(19)9-3-4-10(15)11(16)7-9/h2-7H,1H3,(H,18,19). The molecule has 0 atom stereocenters. The zero-order chi connectivity index (χ0) is 14.0. The summed E-state index contributed by atoms with van der Waals surface area (Å²) in [4.78, 5) is 12.0. The number of halogens is 3. The number of amides is 1. The van der Waals surface area contributed by atoms with Gasteiger partial charge in [0.2, 0.25) is 0 Å². The maximum atomic E-state index is 12.0. The van der Waals surface area contributed by atoms with Crippen LogP contribution in [0, 0.1) is 6.92 Å². The Kier molecular flexibility index (Phi) is 4.35. The molecule has 0 aromatic heterocycles. The quantitative estimate of drug-likeness (QED) is 0.810. The van der Waals surface area contributed by atoms with E-state index in [1.807, 2.05) is 13.0 Å². The van der Waals surface area contributed by atoms with Crippen LogP contribution in [-0.2, 0) is 0 Å². The van der Waals surface area contributed by atoms with Gasteiger partial charge >= 0.3 is 0 Å². The first kappa shape index (κ1) is 14.2. The number of hydrogen-bond donors (Lipinski definition) is 1. The van der Waals surface area contributed by atoms with E-state index in [9.17, 15) is 4.79 Å². The van der Waals surface area contributed by atoms with Crippen LogP contribution < -0.4 is 5.32 Å². The lowest BCUT2D eigenvalue weighted by Gasteiger charge is -2.08. The summed E-state index contributed by atoms with van der Waals surface area (Å²) in [7, 11) is 0. The second kappa shape index (κ2) is 5.83. The van der Waals surface area contributed by atoms with E-state index in [2.05, 4.69) is 5.32 Å².